The molecule has 1 aromatic carbocycles. The smallest absolute Gasteiger partial charge is 0.0760 e. The fraction of sp³-hybridized carbons (Fsp3) is 0.308. The van der Waals surface area contributed by atoms with E-state index in [9.17, 15) is 0 Å². The summed E-state index contributed by atoms with van der Waals surface area (Å²) in [6.45, 7) is 0.815. The maximum atomic E-state index is 5.64. The van der Waals surface area contributed by atoms with Gasteiger partial charge in [-0.05, 0) is 32.3 Å². The summed E-state index contributed by atoms with van der Waals surface area (Å²) < 4.78 is 1.91. The van der Waals surface area contributed by atoms with Gasteiger partial charge in [-0.15, -0.1) is 0 Å². The van der Waals surface area contributed by atoms with E-state index in [2.05, 4.69) is 15.4 Å². The molecule has 0 amide bonds. The van der Waals surface area contributed by atoms with Crippen LogP contribution in [-0.2, 0) is 0 Å². The molecule has 0 bridgehead atoms. The zero-order valence-electron chi connectivity index (χ0n) is 10.7. The first-order valence-corrected chi connectivity index (χ1v) is 5.92. The third kappa shape index (κ3) is 2.76. The zero-order valence-corrected chi connectivity index (χ0v) is 10.7. The van der Waals surface area contributed by atoms with Gasteiger partial charge < -0.3 is 4.90 Å². The molecule has 1 heterocycles. The molecular weight excluding hydrogens is 226 g/mol. The molecule has 1 atom stereocenters. The van der Waals surface area contributed by atoms with Crippen LogP contribution < -0.4 is 11.3 Å². The van der Waals surface area contributed by atoms with Crippen LogP contribution in [0.5, 0.6) is 0 Å². The summed E-state index contributed by atoms with van der Waals surface area (Å²) in [4.78, 5) is 2.09. The molecule has 0 radical (unpaired) electrons. The summed E-state index contributed by atoms with van der Waals surface area (Å²) >= 11 is 0. The Balaban J connectivity index is 2.32. The molecule has 0 aliphatic carbocycles. The Labute approximate surface area is 107 Å². The Kier molecular flexibility index (Phi) is 4.09. The van der Waals surface area contributed by atoms with E-state index in [1.807, 2.05) is 55.2 Å². The third-order valence-corrected chi connectivity index (χ3v) is 2.78. The van der Waals surface area contributed by atoms with Crippen molar-refractivity contribution in [2.75, 3.05) is 20.6 Å². The fourth-order valence-corrected chi connectivity index (χ4v) is 1.96. The number of aromatic nitrogens is 2. The quantitative estimate of drug-likeness (QED) is 0.608. The minimum atomic E-state index is 0.0442. The maximum absolute atomic E-state index is 5.64. The van der Waals surface area contributed by atoms with Crippen LogP contribution in [0.1, 0.15) is 11.7 Å². The summed E-state index contributed by atoms with van der Waals surface area (Å²) in [5.74, 6) is 5.64. The number of nitrogens with one attached hydrogen (secondary N) is 1. The van der Waals surface area contributed by atoms with Crippen LogP contribution in [0.2, 0.25) is 0 Å². The molecule has 1 unspecified atom stereocenters. The first-order chi connectivity index (χ1) is 8.72. The highest BCUT2D eigenvalue weighted by molar-refractivity contribution is 5.33. The van der Waals surface area contributed by atoms with Crippen molar-refractivity contribution in [2.24, 2.45) is 5.84 Å². The lowest BCUT2D eigenvalue weighted by molar-refractivity contribution is 0.337. The molecule has 18 heavy (non-hydrogen) atoms. The lowest BCUT2D eigenvalue weighted by Gasteiger charge is -2.21. The molecule has 0 saturated heterocycles. The van der Waals surface area contributed by atoms with E-state index in [0.29, 0.717) is 0 Å². The molecule has 3 N–H and O–H groups in total. The second-order valence-electron chi connectivity index (χ2n) is 4.48. The number of para-hydroxylation sites is 1. The number of hydrogen-bond donors (Lipinski definition) is 2. The van der Waals surface area contributed by atoms with Crippen LogP contribution >= 0.6 is 0 Å². The topological polar surface area (TPSA) is 59.1 Å². The van der Waals surface area contributed by atoms with E-state index >= 15 is 0 Å². The molecule has 2 rings (SSSR count). The molecule has 0 spiro atoms. The van der Waals surface area contributed by atoms with Crippen LogP contribution in [0.4, 0.5) is 0 Å². The number of rotatable bonds is 5. The summed E-state index contributed by atoms with van der Waals surface area (Å²) in [5, 5.41) is 4.37. The number of hydrazine groups is 1. The number of nitrogens with zero attached hydrogens (tertiary/aromatic N) is 3. The van der Waals surface area contributed by atoms with Crippen molar-refractivity contribution >= 4 is 0 Å². The van der Waals surface area contributed by atoms with Crippen LogP contribution in [0.3, 0.4) is 0 Å². The highest BCUT2D eigenvalue weighted by atomic mass is 15.3. The number of nitrogens with two attached hydrogens (primary N) is 1. The van der Waals surface area contributed by atoms with Crippen LogP contribution in [0.25, 0.3) is 5.69 Å². The van der Waals surface area contributed by atoms with Crippen molar-refractivity contribution in [3.8, 4) is 5.69 Å². The first-order valence-electron chi connectivity index (χ1n) is 5.92. The van der Waals surface area contributed by atoms with Crippen molar-refractivity contribution < 1.29 is 0 Å². The first kappa shape index (κ1) is 12.8. The van der Waals surface area contributed by atoms with Crippen molar-refractivity contribution in [2.45, 2.75) is 6.04 Å². The van der Waals surface area contributed by atoms with Gasteiger partial charge in [-0.1, -0.05) is 18.2 Å². The van der Waals surface area contributed by atoms with Crippen molar-refractivity contribution in [1.82, 2.24) is 20.1 Å². The maximum Gasteiger partial charge on any atom is 0.0760 e. The third-order valence-electron chi connectivity index (χ3n) is 2.78. The van der Waals surface area contributed by atoms with Gasteiger partial charge in [0.2, 0.25) is 0 Å². The molecule has 0 saturated carbocycles. The monoisotopic (exact) mass is 245 g/mol. The van der Waals surface area contributed by atoms with E-state index in [4.69, 9.17) is 5.84 Å². The largest absolute Gasteiger partial charge is 0.307 e. The minimum absolute atomic E-state index is 0.0442. The van der Waals surface area contributed by atoms with Gasteiger partial charge in [0.15, 0.2) is 0 Å². The lowest BCUT2D eigenvalue weighted by Crippen LogP contribution is -2.36. The number of likely N-dealkylation sites (N-methyl/N-ethyl adjacent to an activating group) is 1. The Bertz CT molecular complexity index is 477. The summed E-state index contributed by atoms with van der Waals surface area (Å²) in [6.07, 6.45) is 1.79. The Morgan fingerprint density at radius 3 is 2.61 bits per heavy atom. The van der Waals surface area contributed by atoms with Gasteiger partial charge in [0, 0.05) is 12.7 Å². The molecule has 5 heteroatoms. The van der Waals surface area contributed by atoms with Gasteiger partial charge in [0.05, 0.1) is 17.4 Å². The van der Waals surface area contributed by atoms with Crippen molar-refractivity contribution in [3.05, 3.63) is 48.3 Å². The zero-order chi connectivity index (χ0) is 13.0. The second-order valence-corrected chi connectivity index (χ2v) is 4.48. The van der Waals surface area contributed by atoms with Crippen LogP contribution in [-0.4, -0.2) is 35.3 Å². The van der Waals surface area contributed by atoms with E-state index in [0.717, 1.165) is 17.9 Å². The lowest BCUT2D eigenvalue weighted by atomic mass is 10.2. The fourth-order valence-electron chi connectivity index (χ4n) is 1.96. The summed E-state index contributed by atoms with van der Waals surface area (Å²) in [7, 11) is 4.04. The molecule has 0 aliphatic rings. The highest BCUT2D eigenvalue weighted by Gasteiger charge is 2.16. The Morgan fingerprint density at radius 2 is 2.00 bits per heavy atom. The Hall–Kier alpha value is -1.69. The highest BCUT2D eigenvalue weighted by Crippen LogP contribution is 2.17. The normalized spacial score (nSPS) is 12.9. The average Bonchev–Trinajstić information content (AvgIpc) is 2.86. The number of hydrogen-bond acceptors (Lipinski definition) is 4. The predicted octanol–water partition coefficient (Wildman–Crippen LogP) is 0.938. The predicted molar refractivity (Wildman–Crippen MR) is 72.2 cm³/mol. The number of benzene rings is 1. The summed E-state index contributed by atoms with van der Waals surface area (Å²) in [5.41, 5.74) is 4.94. The molecule has 2 aromatic rings. The SMILES string of the molecule is CN(C)CC(NN)c1ccnn1-c1ccccc1. The van der Waals surface area contributed by atoms with Gasteiger partial charge in [0.25, 0.3) is 0 Å². The van der Waals surface area contributed by atoms with E-state index in [1.165, 1.54) is 0 Å². The molecule has 0 aliphatic heterocycles. The van der Waals surface area contributed by atoms with E-state index < -0.39 is 0 Å². The average molecular weight is 245 g/mol. The molecule has 96 valence electrons. The molecular formula is C13H19N5. The van der Waals surface area contributed by atoms with Crippen LogP contribution in [0, 0.1) is 0 Å². The second kappa shape index (κ2) is 5.77. The van der Waals surface area contributed by atoms with Gasteiger partial charge in [-0.25, -0.2) is 4.68 Å². The summed E-state index contributed by atoms with van der Waals surface area (Å²) in [6, 6.07) is 12.1. The molecule has 1 aromatic heterocycles. The van der Waals surface area contributed by atoms with Gasteiger partial charge in [-0.2, -0.15) is 5.10 Å². The van der Waals surface area contributed by atoms with Crippen LogP contribution in [0.15, 0.2) is 42.6 Å². The molecule has 5 nitrogen and oxygen atoms in total. The minimum Gasteiger partial charge on any atom is -0.307 e. The van der Waals surface area contributed by atoms with Gasteiger partial charge >= 0.3 is 0 Å². The van der Waals surface area contributed by atoms with E-state index in [1.54, 1.807) is 6.20 Å². The van der Waals surface area contributed by atoms with E-state index in [-0.39, 0.29) is 6.04 Å². The Morgan fingerprint density at radius 1 is 1.28 bits per heavy atom. The molecule has 0 fully saturated rings. The van der Waals surface area contributed by atoms with Crippen molar-refractivity contribution in [3.63, 3.8) is 0 Å². The van der Waals surface area contributed by atoms with Crippen molar-refractivity contribution in [1.29, 1.82) is 0 Å². The van der Waals surface area contributed by atoms with Gasteiger partial charge in [0.1, 0.15) is 0 Å². The van der Waals surface area contributed by atoms with Gasteiger partial charge in [-0.3, -0.25) is 11.3 Å². The standard InChI is InChI=1S/C13H19N5/c1-17(2)10-12(16-14)13-8-9-15-18(13)11-6-4-3-5-7-11/h3-9,12,16H,10,14H2,1-2H3.